The average Bonchev–Trinajstić information content (AvgIpc) is 2.39. The van der Waals surface area contributed by atoms with Crippen LogP contribution in [0.25, 0.3) is 0 Å². The van der Waals surface area contributed by atoms with E-state index in [0.717, 1.165) is 5.56 Å². The van der Waals surface area contributed by atoms with Crippen molar-refractivity contribution in [1.82, 2.24) is 0 Å². The molecule has 2 rings (SSSR count). The monoisotopic (exact) mass is 254 g/mol. The first-order valence-electron chi connectivity index (χ1n) is 5.42. The second kappa shape index (κ2) is 4.11. The molecule has 1 atom stereocenters. The molecular weight excluding hydrogens is 240 g/mol. The number of benzene rings is 1. The molecule has 5 heteroatoms. The molecule has 0 aliphatic carbocycles. The van der Waals surface area contributed by atoms with E-state index in [0.29, 0.717) is 28.8 Å². The number of ether oxygens (including phenoxy) is 1. The van der Waals surface area contributed by atoms with Gasteiger partial charge in [-0.25, -0.2) is 0 Å². The number of hydrogen-bond acceptors (Lipinski definition) is 3. The molecule has 0 spiro atoms. The molecule has 1 heterocycles. The van der Waals surface area contributed by atoms with Gasteiger partial charge in [-0.15, -0.1) is 0 Å². The summed E-state index contributed by atoms with van der Waals surface area (Å²) in [6.07, 6.45) is 0. The smallest absolute Gasteiger partial charge is 0.233 e. The number of anilines is 2. The number of fused-ring (bicyclic) bond motifs is 1. The Kier molecular flexibility index (Phi) is 2.91. The van der Waals surface area contributed by atoms with E-state index < -0.39 is 0 Å². The van der Waals surface area contributed by atoms with Gasteiger partial charge >= 0.3 is 0 Å². The molecule has 1 aliphatic rings. The van der Waals surface area contributed by atoms with Crippen molar-refractivity contribution in [1.29, 1.82) is 0 Å². The fraction of sp³-hybridized carbons (Fsp3) is 0.417. The molecule has 1 aromatic carbocycles. The van der Waals surface area contributed by atoms with E-state index in [1.165, 1.54) is 0 Å². The minimum atomic E-state index is -0.191. The van der Waals surface area contributed by atoms with Gasteiger partial charge in [0, 0.05) is 12.7 Å². The first-order valence-corrected chi connectivity index (χ1v) is 5.80. The molecule has 0 aromatic heterocycles. The highest BCUT2D eigenvalue weighted by Crippen LogP contribution is 2.43. The molecule has 1 unspecified atom stereocenters. The van der Waals surface area contributed by atoms with Crippen LogP contribution >= 0.6 is 11.6 Å². The number of carbonyl (C=O) groups is 1. The van der Waals surface area contributed by atoms with Crippen molar-refractivity contribution in [2.75, 3.05) is 24.3 Å². The highest BCUT2D eigenvalue weighted by Gasteiger charge is 2.29. The van der Waals surface area contributed by atoms with Crippen molar-refractivity contribution >= 4 is 28.9 Å². The van der Waals surface area contributed by atoms with Crippen LogP contribution in [0.3, 0.4) is 0 Å². The van der Waals surface area contributed by atoms with Crippen LogP contribution < -0.4 is 15.4 Å². The fourth-order valence-electron chi connectivity index (χ4n) is 1.99. The van der Waals surface area contributed by atoms with Crippen LogP contribution in [-0.2, 0) is 4.79 Å². The summed E-state index contributed by atoms with van der Waals surface area (Å²) in [5.41, 5.74) is 7.91. The maximum atomic E-state index is 12.0. The molecule has 17 heavy (non-hydrogen) atoms. The highest BCUT2D eigenvalue weighted by atomic mass is 35.5. The lowest BCUT2D eigenvalue weighted by molar-refractivity contribution is -0.122. The summed E-state index contributed by atoms with van der Waals surface area (Å²) in [7, 11) is 1.72. The van der Waals surface area contributed by atoms with E-state index in [9.17, 15) is 4.79 Å². The zero-order valence-electron chi connectivity index (χ0n) is 10.1. The topological polar surface area (TPSA) is 55.6 Å². The third kappa shape index (κ3) is 1.82. The summed E-state index contributed by atoms with van der Waals surface area (Å²) in [4.78, 5) is 13.6. The third-order valence-electron chi connectivity index (χ3n) is 3.07. The molecular formula is C12H15ClN2O2. The van der Waals surface area contributed by atoms with Gasteiger partial charge in [0.05, 0.1) is 23.2 Å². The molecule has 4 nitrogen and oxygen atoms in total. The molecule has 1 aliphatic heterocycles. The summed E-state index contributed by atoms with van der Waals surface area (Å²) >= 11 is 6.11. The molecule has 1 aromatic rings. The van der Waals surface area contributed by atoms with E-state index in [-0.39, 0.29) is 11.8 Å². The van der Waals surface area contributed by atoms with Crippen molar-refractivity contribution in [2.45, 2.75) is 13.8 Å². The Balaban J connectivity index is 2.67. The van der Waals surface area contributed by atoms with Crippen molar-refractivity contribution in [2.24, 2.45) is 5.92 Å². The zero-order chi connectivity index (χ0) is 12.7. The first kappa shape index (κ1) is 12.0. The number of nitrogen functional groups attached to an aromatic ring is 1. The van der Waals surface area contributed by atoms with Crippen LogP contribution in [-0.4, -0.2) is 19.6 Å². The molecule has 0 saturated heterocycles. The number of hydrogen-bond donors (Lipinski definition) is 1. The molecule has 0 radical (unpaired) electrons. The highest BCUT2D eigenvalue weighted by molar-refractivity contribution is 6.33. The number of carbonyl (C=O) groups excluding carboxylic acids is 1. The van der Waals surface area contributed by atoms with Crippen LogP contribution in [0.5, 0.6) is 5.75 Å². The number of nitrogens with two attached hydrogens (primary N) is 1. The summed E-state index contributed by atoms with van der Waals surface area (Å²) in [6.45, 7) is 4.02. The van der Waals surface area contributed by atoms with Gasteiger partial charge in [0.15, 0.2) is 5.75 Å². The standard InChI is InChI=1S/C12H15ClN2O2/c1-6-5-17-11-8(13)4-9(14)7(2)10(11)15(3)12(6)16/h4,6H,5,14H2,1-3H3. The van der Waals surface area contributed by atoms with E-state index in [1.807, 2.05) is 13.8 Å². The largest absolute Gasteiger partial charge is 0.489 e. The Morgan fingerprint density at radius 3 is 2.88 bits per heavy atom. The molecule has 0 bridgehead atoms. The average molecular weight is 255 g/mol. The Morgan fingerprint density at radius 2 is 2.24 bits per heavy atom. The lowest BCUT2D eigenvalue weighted by Gasteiger charge is -2.21. The maximum absolute atomic E-state index is 12.0. The van der Waals surface area contributed by atoms with Gasteiger partial charge in [0.2, 0.25) is 5.91 Å². The zero-order valence-corrected chi connectivity index (χ0v) is 10.8. The van der Waals surface area contributed by atoms with Crippen LogP contribution in [0.4, 0.5) is 11.4 Å². The Labute approximate surface area is 105 Å². The van der Waals surface area contributed by atoms with Crippen molar-refractivity contribution in [3.8, 4) is 5.75 Å². The normalized spacial score (nSPS) is 19.6. The Hall–Kier alpha value is -1.42. The van der Waals surface area contributed by atoms with E-state index in [4.69, 9.17) is 22.1 Å². The lowest BCUT2D eigenvalue weighted by Crippen LogP contribution is -2.32. The van der Waals surface area contributed by atoms with E-state index in [2.05, 4.69) is 0 Å². The number of nitrogens with zero attached hydrogens (tertiary/aromatic N) is 1. The fourth-order valence-corrected chi connectivity index (χ4v) is 2.25. The Bertz CT molecular complexity index is 488. The van der Waals surface area contributed by atoms with Crippen molar-refractivity contribution in [3.63, 3.8) is 0 Å². The van der Waals surface area contributed by atoms with Crippen molar-refractivity contribution < 1.29 is 9.53 Å². The SMILES string of the molecule is Cc1c(N)cc(Cl)c2c1N(C)C(=O)C(C)CO2. The van der Waals surface area contributed by atoms with Crippen LogP contribution in [0.2, 0.25) is 5.02 Å². The van der Waals surface area contributed by atoms with Crippen LogP contribution in [0, 0.1) is 12.8 Å². The van der Waals surface area contributed by atoms with Gasteiger partial charge in [-0.2, -0.15) is 0 Å². The molecule has 2 N–H and O–H groups in total. The van der Waals surface area contributed by atoms with Gasteiger partial charge in [-0.05, 0) is 18.6 Å². The quantitative estimate of drug-likeness (QED) is 0.723. The second-order valence-corrected chi connectivity index (χ2v) is 4.77. The minimum Gasteiger partial charge on any atom is -0.489 e. The van der Waals surface area contributed by atoms with Crippen LogP contribution in [0.1, 0.15) is 12.5 Å². The van der Waals surface area contributed by atoms with Gasteiger partial charge in [0.1, 0.15) is 0 Å². The van der Waals surface area contributed by atoms with Gasteiger partial charge < -0.3 is 15.4 Å². The minimum absolute atomic E-state index is 0.00789. The maximum Gasteiger partial charge on any atom is 0.233 e. The number of rotatable bonds is 0. The lowest BCUT2D eigenvalue weighted by atomic mass is 10.1. The second-order valence-electron chi connectivity index (χ2n) is 4.36. The predicted octanol–water partition coefficient (Wildman–Crippen LogP) is 2.22. The molecule has 0 fully saturated rings. The van der Waals surface area contributed by atoms with Gasteiger partial charge in [-0.3, -0.25) is 4.79 Å². The molecule has 0 saturated carbocycles. The van der Waals surface area contributed by atoms with E-state index in [1.54, 1.807) is 18.0 Å². The van der Waals surface area contributed by atoms with Gasteiger partial charge in [-0.1, -0.05) is 18.5 Å². The van der Waals surface area contributed by atoms with Crippen LogP contribution in [0.15, 0.2) is 6.07 Å². The third-order valence-corrected chi connectivity index (χ3v) is 3.35. The molecule has 92 valence electrons. The number of amides is 1. The summed E-state index contributed by atoms with van der Waals surface area (Å²) in [6, 6.07) is 1.66. The Morgan fingerprint density at radius 1 is 1.59 bits per heavy atom. The summed E-state index contributed by atoms with van der Waals surface area (Å²) in [5, 5.41) is 0.442. The van der Waals surface area contributed by atoms with Crippen molar-refractivity contribution in [3.05, 3.63) is 16.7 Å². The molecule has 1 amide bonds. The van der Waals surface area contributed by atoms with E-state index >= 15 is 0 Å². The predicted molar refractivity (Wildman–Crippen MR) is 68.7 cm³/mol. The van der Waals surface area contributed by atoms with Gasteiger partial charge in [0.25, 0.3) is 0 Å². The summed E-state index contributed by atoms with van der Waals surface area (Å²) in [5.74, 6) is 0.358. The summed E-state index contributed by atoms with van der Waals surface area (Å²) < 4.78 is 5.62. The number of halogens is 1. The first-order chi connectivity index (χ1) is 7.93.